The molecule has 0 bridgehead atoms. The van der Waals surface area contributed by atoms with Gasteiger partial charge in [-0.1, -0.05) is 13.8 Å². The van der Waals surface area contributed by atoms with Gasteiger partial charge in [0.15, 0.2) is 0 Å². The molecule has 1 aliphatic rings. The molecule has 1 saturated carbocycles. The zero-order valence-electron chi connectivity index (χ0n) is 10.1. The van der Waals surface area contributed by atoms with Crippen LogP contribution in [0.3, 0.4) is 0 Å². The second-order valence-corrected chi connectivity index (χ2v) is 5.25. The first-order valence-electron chi connectivity index (χ1n) is 6.04. The molecular formula is C12H24N2O. The summed E-state index contributed by atoms with van der Waals surface area (Å²) in [5, 5.41) is 3.10. The Kier molecular flexibility index (Phi) is 4.58. The second kappa shape index (κ2) is 5.50. The van der Waals surface area contributed by atoms with Gasteiger partial charge in [-0.3, -0.25) is 4.79 Å². The molecule has 0 aromatic heterocycles. The zero-order chi connectivity index (χ0) is 11.4. The maximum Gasteiger partial charge on any atom is 0.221 e. The first-order valence-corrected chi connectivity index (χ1v) is 6.04. The van der Waals surface area contributed by atoms with Crippen molar-refractivity contribution in [2.45, 2.75) is 58.5 Å². The van der Waals surface area contributed by atoms with E-state index in [1.165, 1.54) is 12.8 Å². The smallest absolute Gasteiger partial charge is 0.221 e. The van der Waals surface area contributed by atoms with Gasteiger partial charge in [-0.15, -0.1) is 0 Å². The third-order valence-electron chi connectivity index (χ3n) is 3.29. The molecule has 0 aliphatic heterocycles. The molecule has 0 heterocycles. The lowest BCUT2D eigenvalue weighted by Gasteiger charge is -2.33. The van der Waals surface area contributed by atoms with E-state index in [-0.39, 0.29) is 11.9 Å². The van der Waals surface area contributed by atoms with Gasteiger partial charge in [-0.05, 0) is 38.0 Å². The summed E-state index contributed by atoms with van der Waals surface area (Å²) in [6, 6.07) is 0.329. The van der Waals surface area contributed by atoms with Gasteiger partial charge in [0.25, 0.3) is 0 Å². The molecule has 4 atom stereocenters. The largest absolute Gasteiger partial charge is 0.353 e. The summed E-state index contributed by atoms with van der Waals surface area (Å²) in [5.74, 6) is 1.52. The molecule has 0 aromatic rings. The highest BCUT2D eigenvalue weighted by Crippen LogP contribution is 2.28. The molecule has 0 saturated heterocycles. The number of nitrogens with two attached hydrogens (primary N) is 1. The van der Waals surface area contributed by atoms with Crippen LogP contribution in [0, 0.1) is 11.8 Å². The minimum atomic E-state index is -0.0391. The molecule has 3 heteroatoms. The quantitative estimate of drug-likeness (QED) is 0.747. The van der Waals surface area contributed by atoms with Crippen molar-refractivity contribution in [3.8, 4) is 0 Å². The van der Waals surface area contributed by atoms with Gasteiger partial charge in [0.2, 0.25) is 5.91 Å². The number of rotatable bonds is 3. The fourth-order valence-corrected chi connectivity index (χ4v) is 2.44. The predicted octanol–water partition coefficient (Wildman–Crippen LogP) is 1.66. The zero-order valence-corrected chi connectivity index (χ0v) is 10.1. The van der Waals surface area contributed by atoms with Crippen LogP contribution in [0.15, 0.2) is 0 Å². The number of hydrogen-bond acceptors (Lipinski definition) is 2. The van der Waals surface area contributed by atoms with Crippen molar-refractivity contribution >= 4 is 5.91 Å². The fourth-order valence-electron chi connectivity index (χ4n) is 2.44. The molecule has 88 valence electrons. The van der Waals surface area contributed by atoms with Crippen molar-refractivity contribution in [3.05, 3.63) is 0 Å². The molecule has 15 heavy (non-hydrogen) atoms. The highest BCUT2D eigenvalue weighted by molar-refractivity contribution is 5.76. The number of amides is 1. The minimum Gasteiger partial charge on any atom is -0.353 e. The van der Waals surface area contributed by atoms with E-state index < -0.39 is 0 Å². The molecule has 1 amide bonds. The van der Waals surface area contributed by atoms with Crippen LogP contribution in [0.1, 0.15) is 46.5 Å². The van der Waals surface area contributed by atoms with Crippen LogP contribution in [0.4, 0.5) is 0 Å². The maximum absolute atomic E-state index is 11.6. The molecule has 1 fully saturated rings. The van der Waals surface area contributed by atoms with Gasteiger partial charge in [0.1, 0.15) is 0 Å². The Balaban J connectivity index is 2.34. The van der Waals surface area contributed by atoms with Crippen molar-refractivity contribution in [3.63, 3.8) is 0 Å². The van der Waals surface area contributed by atoms with Crippen molar-refractivity contribution < 1.29 is 4.79 Å². The SMILES string of the molecule is CC(N)CC(=O)NC1CCC(C)CC1C. The van der Waals surface area contributed by atoms with E-state index in [1.807, 2.05) is 6.92 Å². The predicted molar refractivity (Wildman–Crippen MR) is 62.4 cm³/mol. The summed E-state index contributed by atoms with van der Waals surface area (Å²) < 4.78 is 0. The summed E-state index contributed by atoms with van der Waals surface area (Å²) >= 11 is 0. The normalized spacial score (nSPS) is 33.5. The van der Waals surface area contributed by atoms with Crippen molar-refractivity contribution in [1.82, 2.24) is 5.32 Å². The topological polar surface area (TPSA) is 55.1 Å². The van der Waals surface area contributed by atoms with Gasteiger partial charge in [0.05, 0.1) is 0 Å². The average Bonchev–Trinajstić information content (AvgIpc) is 2.08. The summed E-state index contributed by atoms with van der Waals surface area (Å²) in [6.45, 7) is 6.38. The fraction of sp³-hybridized carbons (Fsp3) is 0.917. The molecule has 0 radical (unpaired) electrons. The number of hydrogen-bond donors (Lipinski definition) is 2. The van der Waals surface area contributed by atoms with Crippen LogP contribution in [0.25, 0.3) is 0 Å². The first-order chi connectivity index (χ1) is 6.99. The second-order valence-electron chi connectivity index (χ2n) is 5.25. The Hall–Kier alpha value is -0.570. The van der Waals surface area contributed by atoms with Gasteiger partial charge < -0.3 is 11.1 Å². The van der Waals surface area contributed by atoms with E-state index >= 15 is 0 Å². The van der Waals surface area contributed by atoms with E-state index in [9.17, 15) is 4.79 Å². The third-order valence-corrected chi connectivity index (χ3v) is 3.29. The van der Waals surface area contributed by atoms with Gasteiger partial charge in [-0.25, -0.2) is 0 Å². The standard InChI is InChI=1S/C12H24N2O/c1-8-4-5-11(9(2)6-8)14-12(15)7-10(3)13/h8-11H,4-7,13H2,1-3H3,(H,14,15). The first kappa shape index (κ1) is 12.5. The van der Waals surface area contributed by atoms with Gasteiger partial charge in [-0.2, -0.15) is 0 Å². The van der Waals surface area contributed by atoms with Gasteiger partial charge in [0, 0.05) is 18.5 Å². The number of carbonyl (C=O) groups is 1. The lowest BCUT2D eigenvalue weighted by Crippen LogP contribution is -2.43. The van der Waals surface area contributed by atoms with E-state index in [0.717, 1.165) is 12.3 Å². The molecule has 0 aromatic carbocycles. The molecule has 0 spiro atoms. The van der Waals surface area contributed by atoms with Crippen molar-refractivity contribution in [2.75, 3.05) is 0 Å². The molecule has 3 nitrogen and oxygen atoms in total. The molecule has 4 unspecified atom stereocenters. The van der Waals surface area contributed by atoms with E-state index in [0.29, 0.717) is 18.4 Å². The Morgan fingerprint density at radius 1 is 1.47 bits per heavy atom. The van der Waals surface area contributed by atoms with E-state index in [2.05, 4.69) is 19.2 Å². The highest BCUT2D eigenvalue weighted by atomic mass is 16.1. The van der Waals surface area contributed by atoms with E-state index in [4.69, 9.17) is 5.73 Å². The van der Waals surface area contributed by atoms with Crippen molar-refractivity contribution in [2.24, 2.45) is 17.6 Å². The van der Waals surface area contributed by atoms with Crippen LogP contribution < -0.4 is 11.1 Å². The average molecular weight is 212 g/mol. The van der Waals surface area contributed by atoms with Crippen LogP contribution in [-0.2, 0) is 4.79 Å². The molecule has 3 N–H and O–H groups in total. The van der Waals surface area contributed by atoms with Crippen molar-refractivity contribution in [1.29, 1.82) is 0 Å². The lowest BCUT2D eigenvalue weighted by atomic mass is 9.80. The van der Waals surface area contributed by atoms with Gasteiger partial charge >= 0.3 is 0 Å². The van der Waals surface area contributed by atoms with Crippen LogP contribution in [-0.4, -0.2) is 18.0 Å². The Bertz CT molecular complexity index is 216. The lowest BCUT2D eigenvalue weighted by molar-refractivity contribution is -0.122. The highest BCUT2D eigenvalue weighted by Gasteiger charge is 2.26. The summed E-state index contributed by atoms with van der Waals surface area (Å²) in [7, 11) is 0. The monoisotopic (exact) mass is 212 g/mol. The maximum atomic E-state index is 11.6. The van der Waals surface area contributed by atoms with E-state index in [1.54, 1.807) is 0 Å². The van der Waals surface area contributed by atoms with Crippen LogP contribution in [0.5, 0.6) is 0 Å². The van der Waals surface area contributed by atoms with Crippen LogP contribution in [0.2, 0.25) is 0 Å². The summed E-state index contributed by atoms with van der Waals surface area (Å²) in [4.78, 5) is 11.6. The molecule has 1 aliphatic carbocycles. The Morgan fingerprint density at radius 2 is 2.13 bits per heavy atom. The number of nitrogens with one attached hydrogen (secondary N) is 1. The Morgan fingerprint density at radius 3 is 2.67 bits per heavy atom. The van der Waals surface area contributed by atoms with Crippen LogP contribution >= 0.6 is 0 Å². The molecule has 1 rings (SSSR count). The summed E-state index contributed by atoms with van der Waals surface area (Å²) in [5.41, 5.74) is 5.59. The summed E-state index contributed by atoms with van der Waals surface area (Å²) in [6.07, 6.45) is 4.02. The Labute approximate surface area is 92.8 Å². The third kappa shape index (κ3) is 4.20. The number of carbonyl (C=O) groups excluding carboxylic acids is 1. The molecular weight excluding hydrogens is 188 g/mol. The minimum absolute atomic E-state index is 0.0391.